The number of hydrogen-bond acceptors (Lipinski definition) is 3. The van der Waals surface area contributed by atoms with Gasteiger partial charge in [-0.2, -0.15) is 0 Å². The van der Waals surface area contributed by atoms with E-state index in [-0.39, 0.29) is 6.04 Å². The maximum absolute atomic E-state index is 5.21. The monoisotopic (exact) mass is 342 g/mol. The molecule has 5 nitrogen and oxygen atoms in total. The smallest absolute Gasteiger partial charge is 0.191 e. The molecule has 1 atom stereocenters. The number of aromatic nitrogens is 1. The van der Waals surface area contributed by atoms with E-state index in [2.05, 4.69) is 60.8 Å². The Morgan fingerprint density at radius 3 is 2.48 bits per heavy atom. The molecule has 2 aromatic rings. The first-order valence-corrected chi connectivity index (χ1v) is 9.10. The van der Waals surface area contributed by atoms with Crippen LogP contribution in [0.4, 0.5) is 0 Å². The molecular formula is C20H30N4O. The van der Waals surface area contributed by atoms with Crippen molar-refractivity contribution in [3.05, 3.63) is 52.4 Å². The number of guanidine groups is 1. The van der Waals surface area contributed by atoms with E-state index in [4.69, 9.17) is 9.52 Å². The van der Waals surface area contributed by atoms with Gasteiger partial charge in [0.25, 0.3) is 0 Å². The second kappa shape index (κ2) is 9.25. The van der Waals surface area contributed by atoms with Gasteiger partial charge in [0.2, 0.25) is 0 Å². The van der Waals surface area contributed by atoms with Crippen molar-refractivity contribution in [2.75, 3.05) is 13.1 Å². The molecule has 0 saturated heterocycles. The average Bonchev–Trinajstić information content (AvgIpc) is 2.93. The Kier molecular flexibility index (Phi) is 7.04. The predicted octanol–water partition coefficient (Wildman–Crippen LogP) is 3.71. The lowest BCUT2D eigenvalue weighted by atomic mass is 10.1. The number of hydrogen-bond donors (Lipinski definition) is 2. The molecule has 0 bridgehead atoms. The van der Waals surface area contributed by atoms with Crippen LogP contribution in [0.5, 0.6) is 0 Å². The topological polar surface area (TPSA) is 62.5 Å². The van der Waals surface area contributed by atoms with Gasteiger partial charge in [0.05, 0.1) is 11.7 Å². The minimum absolute atomic E-state index is 0.197. The second-order valence-corrected chi connectivity index (χ2v) is 6.27. The van der Waals surface area contributed by atoms with E-state index in [0.717, 1.165) is 42.4 Å². The predicted molar refractivity (Wildman–Crippen MR) is 103 cm³/mol. The van der Waals surface area contributed by atoms with Gasteiger partial charge in [-0.15, -0.1) is 0 Å². The van der Waals surface area contributed by atoms with Crippen LogP contribution in [0.1, 0.15) is 55.0 Å². The minimum Gasteiger partial charge on any atom is -0.361 e. The third kappa shape index (κ3) is 5.34. The first kappa shape index (κ1) is 19.0. The SMILES string of the molecule is CCNC(=NCCc1c(C)noc1C)NC(C)c1ccc(CC)cc1. The molecule has 0 aliphatic rings. The van der Waals surface area contributed by atoms with Crippen LogP contribution < -0.4 is 10.6 Å². The van der Waals surface area contributed by atoms with Crippen molar-refractivity contribution >= 4 is 5.96 Å². The van der Waals surface area contributed by atoms with Crippen LogP contribution in [0.15, 0.2) is 33.8 Å². The van der Waals surface area contributed by atoms with Crippen LogP contribution in [0.3, 0.4) is 0 Å². The molecule has 2 rings (SSSR count). The molecule has 5 heteroatoms. The van der Waals surface area contributed by atoms with Gasteiger partial charge in [-0.05, 0) is 51.7 Å². The largest absolute Gasteiger partial charge is 0.361 e. The quantitative estimate of drug-likeness (QED) is 0.595. The fraction of sp³-hybridized carbons (Fsp3) is 0.500. The number of aliphatic imine (C=N–C) groups is 1. The van der Waals surface area contributed by atoms with Crippen molar-refractivity contribution in [1.82, 2.24) is 15.8 Å². The number of rotatable bonds is 7. The molecule has 25 heavy (non-hydrogen) atoms. The van der Waals surface area contributed by atoms with E-state index < -0.39 is 0 Å². The normalized spacial score (nSPS) is 12.9. The molecule has 0 radical (unpaired) electrons. The summed E-state index contributed by atoms with van der Waals surface area (Å²) < 4.78 is 5.21. The van der Waals surface area contributed by atoms with E-state index >= 15 is 0 Å². The molecule has 1 unspecified atom stereocenters. The van der Waals surface area contributed by atoms with Crippen molar-refractivity contribution in [2.24, 2.45) is 4.99 Å². The summed E-state index contributed by atoms with van der Waals surface area (Å²) in [4.78, 5) is 4.69. The first-order valence-electron chi connectivity index (χ1n) is 9.10. The van der Waals surface area contributed by atoms with E-state index in [1.165, 1.54) is 11.1 Å². The molecule has 0 aliphatic carbocycles. The van der Waals surface area contributed by atoms with Gasteiger partial charge in [-0.25, -0.2) is 0 Å². The van der Waals surface area contributed by atoms with Crippen LogP contribution in [0, 0.1) is 13.8 Å². The lowest BCUT2D eigenvalue weighted by molar-refractivity contribution is 0.392. The Morgan fingerprint density at radius 1 is 1.20 bits per heavy atom. The van der Waals surface area contributed by atoms with Gasteiger partial charge in [0, 0.05) is 18.7 Å². The zero-order valence-electron chi connectivity index (χ0n) is 16.0. The third-order valence-corrected chi connectivity index (χ3v) is 4.40. The summed E-state index contributed by atoms with van der Waals surface area (Å²) in [5, 5.41) is 10.8. The molecule has 1 aromatic carbocycles. The Bertz CT molecular complexity index is 669. The highest BCUT2D eigenvalue weighted by atomic mass is 16.5. The fourth-order valence-corrected chi connectivity index (χ4v) is 2.79. The second-order valence-electron chi connectivity index (χ2n) is 6.27. The third-order valence-electron chi connectivity index (χ3n) is 4.40. The fourth-order valence-electron chi connectivity index (χ4n) is 2.79. The van der Waals surface area contributed by atoms with Gasteiger partial charge in [0.1, 0.15) is 5.76 Å². The Hall–Kier alpha value is -2.30. The Balaban J connectivity index is 1.98. The molecule has 0 fully saturated rings. The highest BCUT2D eigenvalue weighted by Crippen LogP contribution is 2.14. The highest BCUT2D eigenvalue weighted by Gasteiger charge is 2.10. The van der Waals surface area contributed by atoms with Gasteiger partial charge >= 0.3 is 0 Å². The van der Waals surface area contributed by atoms with Gasteiger partial charge in [-0.1, -0.05) is 36.3 Å². The Labute approximate surface area is 150 Å². The number of benzene rings is 1. The molecular weight excluding hydrogens is 312 g/mol. The summed E-state index contributed by atoms with van der Waals surface area (Å²) in [5.74, 6) is 1.72. The minimum atomic E-state index is 0.197. The average molecular weight is 342 g/mol. The van der Waals surface area contributed by atoms with E-state index in [0.29, 0.717) is 6.54 Å². The summed E-state index contributed by atoms with van der Waals surface area (Å²) in [6, 6.07) is 8.94. The van der Waals surface area contributed by atoms with Crippen LogP contribution in [-0.4, -0.2) is 24.2 Å². The molecule has 0 saturated carbocycles. The van der Waals surface area contributed by atoms with Crippen LogP contribution in [-0.2, 0) is 12.8 Å². The molecule has 2 N–H and O–H groups in total. The van der Waals surface area contributed by atoms with Gasteiger partial charge in [0.15, 0.2) is 5.96 Å². The molecule has 1 heterocycles. The van der Waals surface area contributed by atoms with Gasteiger partial charge < -0.3 is 15.2 Å². The maximum atomic E-state index is 5.21. The van der Waals surface area contributed by atoms with Crippen LogP contribution in [0.2, 0.25) is 0 Å². The standard InChI is InChI=1S/C20H30N4O/c1-6-17-8-10-18(11-9-17)14(3)23-20(21-7-2)22-13-12-19-15(4)24-25-16(19)5/h8-11,14H,6-7,12-13H2,1-5H3,(H2,21,22,23). The lowest BCUT2D eigenvalue weighted by Gasteiger charge is -2.18. The number of nitrogens with one attached hydrogen (secondary N) is 2. The summed E-state index contributed by atoms with van der Waals surface area (Å²) >= 11 is 0. The first-order chi connectivity index (χ1) is 12.0. The van der Waals surface area contributed by atoms with E-state index in [1.807, 2.05) is 13.8 Å². The molecule has 0 aliphatic heterocycles. The van der Waals surface area contributed by atoms with Crippen molar-refractivity contribution in [1.29, 1.82) is 0 Å². The van der Waals surface area contributed by atoms with Crippen molar-refractivity contribution < 1.29 is 4.52 Å². The van der Waals surface area contributed by atoms with E-state index in [1.54, 1.807) is 0 Å². The van der Waals surface area contributed by atoms with Gasteiger partial charge in [-0.3, -0.25) is 4.99 Å². The zero-order chi connectivity index (χ0) is 18.2. The maximum Gasteiger partial charge on any atom is 0.191 e. The summed E-state index contributed by atoms with van der Waals surface area (Å²) in [5.41, 5.74) is 4.72. The van der Waals surface area contributed by atoms with E-state index in [9.17, 15) is 0 Å². The summed E-state index contributed by atoms with van der Waals surface area (Å²) in [6.07, 6.45) is 1.89. The summed E-state index contributed by atoms with van der Waals surface area (Å²) in [6.45, 7) is 11.9. The molecule has 1 aromatic heterocycles. The number of nitrogens with zero attached hydrogens (tertiary/aromatic N) is 2. The Morgan fingerprint density at radius 2 is 1.92 bits per heavy atom. The molecule has 0 spiro atoms. The summed E-state index contributed by atoms with van der Waals surface area (Å²) in [7, 11) is 0. The van der Waals surface area contributed by atoms with Crippen molar-refractivity contribution in [3.63, 3.8) is 0 Å². The molecule has 0 amide bonds. The molecule has 136 valence electrons. The van der Waals surface area contributed by atoms with Crippen LogP contribution in [0.25, 0.3) is 0 Å². The lowest BCUT2D eigenvalue weighted by Crippen LogP contribution is -2.38. The van der Waals surface area contributed by atoms with Crippen LogP contribution >= 0.6 is 0 Å². The zero-order valence-corrected chi connectivity index (χ0v) is 16.0. The van der Waals surface area contributed by atoms with Crippen molar-refractivity contribution in [2.45, 2.75) is 53.5 Å². The van der Waals surface area contributed by atoms with Crippen molar-refractivity contribution in [3.8, 4) is 0 Å². The highest BCUT2D eigenvalue weighted by molar-refractivity contribution is 5.80. The number of aryl methyl sites for hydroxylation is 3.